The molecule has 0 atom stereocenters. The van der Waals surface area contributed by atoms with E-state index in [0.717, 1.165) is 23.1 Å². The monoisotopic (exact) mass is 510 g/mol. The second kappa shape index (κ2) is 11.0. The van der Waals surface area contributed by atoms with Gasteiger partial charge in [-0.25, -0.2) is 9.67 Å². The van der Waals surface area contributed by atoms with Crippen molar-refractivity contribution in [3.63, 3.8) is 0 Å². The Morgan fingerprint density at radius 3 is 2.61 bits per heavy atom. The Bertz CT molecular complexity index is 897. The molecule has 1 aromatic heterocycles. The highest BCUT2D eigenvalue weighted by Gasteiger charge is 2.07. The maximum absolute atomic E-state index is 6.07. The standard InChI is InChI=1S/C20H23ClN6.HI/c1-22-20(26(2)12-18-7-4-8-19(21)10-18)24-11-16-5-3-6-17(9-16)13-27-15-23-14-25-27;/h3-10,14-15H,11-13H2,1-2H3,(H,22,24);1H. The Balaban J connectivity index is 0.00000280. The molecule has 0 fully saturated rings. The zero-order valence-corrected chi connectivity index (χ0v) is 19.0. The molecule has 0 bridgehead atoms. The highest BCUT2D eigenvalue weighted by Crippen LogP contribution is 2.12. The van der Waals surface area contributed by atoms with E-state index in [4.69, 9.17) is 11.6 Å². The molecule has 0 amide bonds. The number of rotatable bonds is 6. The Morgan fingerprint density at radius 1 is 1.14 bits per heavy atom. The van der Waals surface area contributed by atoms with Gasteiger partial charge in [0.15, 0.2) is 5.96 Å². The van der Waals surface area contributed by atoms with Crippen molar-refractivity contribution in [1.29, 1.82) is 0 Å². The molecular formula is C20H24ClIN6. The number of nitrogens with zero attached hydrogens (tertiary/aromatic N) is 5. The molecule has 0 aliphatic heterocycles. The van der Waals surface area contributed by atoms with Crippen LogP contribution >= 0.6 is 35.6 Å². The van der Waals surface area contributed by atoms with Crippen molar-refractivity contribution < 1.29 is 0 Å². The van der Waals surface area contributed by atoms with Crippen molar-refractivity contribution in [2.45, 2.75) is 19.6 Å². The van der Waals surface area contributed by atoms with Crippen LogP contribution in [0, 0.1) is 0 Å². The molecule has 0 saturated heterocycles. The lowest BCUT2D eigenvalue weighted by Crippen LogP contribution is -2.38. The normalized spacial score (nSPS) is 11.0. The number of aromatic nitrogens is 3. The number of benzene rings is 2. The molecule has 8 heteroatoms. The lowest BCUT2D eigenvalue weighted by molar-refractivity contribution is 0.476. The zero-order chi connectivity index (χ0) is 19.1. The second-order valence-corrected chi connectivity index (χ2v) is 6.74. The number of nitrogens with one attached hydrogen (secondary N) is 1. The third kappa shape index (κ3) is 6.49. The Labute approximate surface area is 187 Å². The third-order valence-electron chi connectivity index (χ3n) is 4.14. The van der Waals surface area contributed by atoms with Crippen LogP contribution < -0.4 is 5.32 Å². The SMILES string of the molecule is CN=C(NCc1cccc(Cn2cncn2)c1)N(C)Cc1cccc(Cl)c1.I. The average molecular weight is 511 g/mol. The van der Waals surface area contributed by atoms with Gasteiger partial charge >= 0.3 is 0 Å². The Morgan fingerprint density at radius 2 is 1.89 bits per heavy atom. The van der Waals surface area contributed by atoms with Crippen LogP contribution in [-0.2, 0) is 19.6 Å². The Kier molecular flexibility index (Phi) is 8.72. The number of aliphatic imine (C=N–C) groups is 1. The predicted molar refractivity (Wildman–Crippen MR) is 124 cm³/mol. The van der Waals surface area contributed by atoms with Gasteiger partial charge in [-0.1, -0.05) is 48.0 Å². The van der Waals surface area contributed by atoms with Gasteiger partial charge in [-0.05, 0) is 28.8 Å². The van der Waals surface area contributed by atoms with Crippen LogP contribution in [0.2, 0.25) is 5.02 Å². The fourth-order valence-electron chi connectivity index (χ4n) is 2.89. The van der Waals surface area contributed by atoms with Crippen LogP contribution in [0.15, 0.2) is 66.2 Å². The van der Waals surface area contributed by atoms with E-state index in [9.17, 15) is 0 Å². The molecule has 6 nitrogen and oxygen atoms in total. The highest BCUT2D eigenvalue weighted by atomic mass is 127. The first-order valence-electron chi connectivity index (χ1n) is 8.70. The predicted octanol–water partition coefficient (Wildman–Crippen LogP) is 3.81. The molecule has 28 heavy (non-hydrogen) atoms. The maximum atomic E-state index is 6.07. The molecule has 148 valence electrons. The molecule has 0 aliphatic rings. The lowest BCUT2D eigenvalue weighted by atomic mass is 10.1. The molecular weight excluding hydrogens is 487 g/mol. The third-order valence-corrected chi connectivity index (χ3v) is 4.37. The van der Waals surface area contributed by atoms with Crippen molar-refractivity contribution >= 4 is 41.5 Å². The summed E-state index contributed by atoms with van der Waals surface area (Å²) in [7, 11) is 3.80. The van der Waals surface area contributed by atoms with Gasteiger partial charge in [0.25, 0.3) is 0 Å². The van der Waals surface area contributed by atoms with Gasteiger partial charge < -0.3 is 10.2 Å². The first kappa shape index (κ1) is 22.2. The summed E-state index contributed by atoms with van der Waals surface area (Å²) in [5.41, 5.74) is 3.51. The van der Waals surface area contributed by atoms with Gasteiger partial charge in [0.05, 0.1) is 6.54 Å². The van der Waals surface area contributed by atoms with Gasteiger partial charge in [0.1, 0.15) is 12.7 Å². The molecule has 0 saturated carbocycles. The second-order valence-electron chi connectivity index (χ2n) is 6.30. The van der Waals surface area contributed by atoms with E-state index >= 15 is 0 Å². The average Bonchev–Trinajstić information content (AvgIpc) is 3.15. The van der Waals surface area contributed by atoms with E-state index in [1.807, 2.05) is 29.9 Å². The largest absolute Gasteiger partial charge is 0.352 e. The van der Waals surface area contributed by atoms with Gasteiger partial charge in [-0.15, -0.1) is 24.0 Å². The van der Waals surface area contributed by atoms with E-state index in [1.165, 1.54) is 11.1 Å². The van der Waals surface area contributed by atoms with Crippen molar-refractivity contribution in [3.8, 4) is 0 Å². The van der Waals surface area contributed by atoms with Crippen molar-refractivity contribution in [1.82, 2.24) is 25.0 Å². The number of guanidine groups is 1. The topological polar surface area (TPSA) is 58.3 Å². The van der Waals surface area contributed by atoms with Crippen LogP contribution in [0.4, 0.5) is 0 Å². The number of hydrogen-bond donors (Lipinski definition) is 1. The summed E-state index contributed by atoms with van der Waals surface area (Å²) in [5.74, 6) is 0.830. The van der Waals surface area contributed by atoms with Gasteiger partial charge in [0, 0.05) is 32.2 Å². The first-order valence-corrected chi connectivity index (χ1v) is 9.08. The molecule has 2 aromatic carbocycles. The van der Waals surface area contributed by atoms with Crippen molar-refractivity contribution in [2.75, 3.05) is 14.1 Å². The summed E-state index contributed by atoms with van der Waals surface area (Å²) < 4.78 is 1.81. The molecule has 0 spiro atoms. The zero-order valence-electron chi connectivity index (χ0n) is 15.9. The van der Waals surface area contributed by atoms with Crippen LogP contribution in [0.5, 0.6) is 0 Å². The first-order chi connectivity index (χ1) is 13.1. The Hall–Kier alpha value is -2.13. The van der Waals surface area contributed by atoms with E-state index < -0.39 is 0 Å². The van der Waals surface area contributed by atoms with E-state index in [-0.39, 0.29) is 24.0 Å². The maximum Gasteiger partial charge on any atom is 0.193 e. The molecule has 1 heterocycles. The summed E-state index contributed by atoms with van der Waals surface area (Å²) in [5, 5.41) is 8.31. The van der Waals surface area contributed by atoms with Crippen molar-refractivity contribution in [2.24, 2.45) is 4.99 Å². The van der Waals surface area contributed by atoms with E-state index in [0.29, 0.717) is 13.1 Å². The van der Waals surface area contributed by atoms with Gasteiger partial charge in [-0.2, -0.15) is 5.10 Å². The molecule has 0 radical (unpaired) electrons. The van der Waals surface area contributed by atoms with E-state index in [2.05, 4.69) is 55.6 Å². The lowest BCUT2D eigenvalue weighted by Gasteiger charge is -2.22. The molecule has 3 rings (SSSR count). The van der Waals surface area contributed by atoms with Gasteiger partial charge in [0.2, 0.25) is 0 Å². The summed E-state index contributed by atoms with van der Waals surface area (Å²) in [6.45, 7) is 2.13. The summed E-state index contributed by atoms with van der Waals surface area (Å²) in [6, 6.07) is 16.3. The summed E-state index contributed by atoms with van der Waals surface area (Å²) >= 11 is 6.07. The molecule has 1 N–H and O–H groups in total. The number of halogens is 2. The van der Waals surface area contributed by atoms with Gasteiger partial charge in [-0.3, -0.25) is 4.99 Å². The van der Waals surface area contributed by atoms with Crippen molar-refractivity contribution in [3.05, 3.63) is 82.9 Å². The molecule has 0 aliphatic carbocycles. The molecule has 0 unspecified atom stereocenters. The summed E-state index contributed by atoms with van der Waals surface area (Å²) in [4.78, 5) is 10.4. The minimum Gasteiger partial charge on any atom is -0.352 e. The van der Waals surface area contributed by atoms with Crippen LogP contribution in [0.1, 0.15) is 16.7 Å². The van der Waals surface area contributed by atoms with Crippen LogP contribution in [0.25, 0.3) is 0 Å². The molecule has 3 aromatic rings. The minimum absolute atomic E-state index is 0. The fraction of sp³-hybridized carbons (Fsp3) is 0.250. The van der Waals surface area contributed by atoms with Crippen LogP contribution in [0.3, 0.4) is 0 Å². The number of hydrogen-bond acceptors (Lipinski definition) is 3. The minimum atomic E-state index is 0. The fourth-order valence-corrected chi connectivity index (χ4v) is 3.10. The quantitative estimate of drug-likeness (QED) is 0.311. The van der Waals surface area contributed by atoms with Crippen LogP contribution in [-0.4, -0.2) is 39.7 Å². The smallest absolute Gasteiger partial charge is 0.193 e. The van der Waals surface area contributed by atoms with E-state index in [1.54, 1.807) is 19.7 Å². The summed E-state index contributed by atoms with van der Waals surface area (Å²) in [6.07, 6.45) is 3.27. The highest BCUT2D eigenvalue weighted by molar-refractivity contribution is 14.0.